The normalized spacial score (nSPS) is 13.5. The third-order valence-electron chi connectivity index (χ3n) is 6.65. The van der Waals surface area contributed by atoms with Crippen molar-refractivity contribution in [3.63, 3.8) is 0 Å². The number of nitrogens with one attached hydrogen (secondary N) is 1. The van der Waals surface area contributed by atoms with Gasteiger partial charge in [0.15, 0.2) is 5.75 Å². The van der Waals surface area contributed by atoms with E-state index < -0.39 is 5.97 Å². The van der Waals surface area contributed by atoms with E-state index in [1.165, 1.54) is 0 Å². The highest BCUT2D eigenvalue weighted by Gasteiger charge is 2.22. The molecule has 5 rings (SSSR count). The van der Waals surface area contributed by atoms with Crippen LogP contribution in [0.15, 0.2) is 67.3 Å². The molecule has 1 aliphatic heterocycles. The number of ether oxygens (including phenoxy) is 1. The molecule has 9 nitrogen and oxygen atoms in total. The number of pyridine rings is 2. The summed E-state index contributed by atoms with van der Waals surface area (Å²) in [5.74, 6) is 0.803. The molecule has 0 atom stereocenters. The summed E-state index contributed by atoms with van der Waals surface area (Å²) in [6.45, 7) is 2.91. The number of carboxylic acids is 1. The maximum atomic E-state index is 11.1. The van der Waals surface area contributed by atoms with Crippen LogP contribution in [-0.2, 0) is 17.9 Å². The van der Waals surface area contributed by atoms with Crippen LogP contribution in [0.1, 0.15) is 30.4 Å². The van der Waals surface area contributed by atoms with Crippen molar-refractivity contribution in [3.8, 4) is 22.9 Å². The number of carbonyl (C=O) groups is 1. The van der Waals surface area contributed by atoms with Crippen LogP contribution < -0.4 is 10.1 Å². The first-order chi connectivity index (χ1) is 19.4. The minimum Gasteiger partial charge on any atom is -0.481 e. The predicted molar refractivity (Wildman–Crippen MR) is 168 cm³/mol. The maximum absolute atomic E-state index is 11.1. The van der Waals surface area contributed by atoms with Crippen LogP contribution in [-0.4, -0.2) is 49.0 Å². The number of halogens is 4. The van der Waals surface area contributed by atoms with Gasteiger partial charge in [-0.1, -0.05) is 23.2 Å². The number of anilines is 1. The van der Waals surface area contributed by atoms with E-state index >= 15 is 0 Å². The van der Waals surface area contributed by atoms with Crippen LogP contribution >= 0.6 is 48.0 Å². The maximum Gasteiger partial charge on any atom is 0.303 e. The van der Waals surface area contributed by atoms with Gasteiger partial charge in [-0.15, -0.1) is 24.8 Å². The Morgan fingerprint density at radius 1 is 0.976 bits per heavy atom. The van der Waals surface area contributed by atoms with E-state index in [1.807, 2.05) is 36.4 Å². The number of nitrogens with zero attached hydrogens (tertiary/aromatic N) is 5. The van der Waals surface area contributed by atoms with Gasteiger partial charge in [0.05, 0.1) is 18.1 Å². The zero-order valence-electron chi connectivity index (χ0n) is 22.5. The Morgan fingerprint density at radius 2 is 1.64 bits per heavy atom. The lowest BCUT2D eigenvalue weighted by Crippen LogP contribution is -2.33. The van der Waals surface area contributed by atoms with E-state index in [1.54, 1.807) is 30.9 Å². The van der Waals surface area contributed by atoms with E-state index in [4.69, 9.17) is 38.0 Å². The molecule has 1 aromatic carbocycles. The monoisotopic (exact) mass is 650 g/mol. The number of aliphatic carboxylic acids is 1. The van der Waals surface area contributed by atoms with Gasteiger partial charge in [-0.25, -0.2) is 15.0 Å². The zero-order chi connectivity index (χ0) is 27.9. The number of hydrogen-bond donors (Lipinski definition) is 2. The fourth-order valence-electron chi connectivity index (χ4n) is 4.67. The second-order valence-electron chi connectivity index (χ2n) is 9.73. The molecule has 0 bridgehead atoms. The van der Waals surface area contributed by atoms with Gasteiger partial charge in [0, 0.05) is 53.6 Å². The highest BCUT2D eigenvalue weighted by atomic mass is 35.5. The van der Waals surface area contributed by atoms with Gasteiger partial charge in [-0.3, -0.25) is 14.7 Å². The topological polar surface area (TPSA) is 113 Å². The Kier molecular flexibility index (Phi) is 12.6. The molecule has 2 N–H and O–H groups in total. The molecule has 0 saturated carbocycles. The fraction of sp³-hybridized carbons (Fsp3) is 0.276. The molecule has 4 heterocycles. The van der Waals surface area contributed by atoms with E-state index in [9.17, 15) is 4.79 Å². The number of carboxylic acid groups (broad SMARTS) is 1. The Labute approximate surface area is 266 Å². The first kappa shape index (κ1) is 33.3. The van der Waals surface area contributed by atoms with Gasteiger partial charge < -0.3 is 15.2 Å². The molecular weight excluding hydrogens is 622 g/mol. The van der Waals surface area contributed by atoms with Gasteiger partial charge in [0.25, 0.3) is 0 Å². The van der Waals surface area contributed by atoms with E-state index in [0.717, 1.165) is 42.6 Å². The molecule has 1 aliphatic rings. The van der Waals surface area contributed by atoms with Crippen LogP contribution in [0.5, 0.6) is 11.6 Å². The predicted octanol–water partition coefficient (Wildman–Crippen LogP) is 7.18. The van der Waals surface area contributed by atoms with Crippen LogP contribution in [0.3, 0.4) is 0 Å². The lowest BCUT2D eigenvalue weighted by atomic mass is 9.93. The molecule has 0 aliphatic carbocycles. The lowest BCUT2D eigenvalue weighted by Gasteiger charge is -2.31. The van der Waals surface area contributed by atoms with E-state index in [-0.39, 0.29) is 37.2 Å². The van der Waals surface area contributed by atoms with Crippen molar-refractivity contribution in [2.75, 3.05) is 18.4 Å². The molecule has 3 aromatic heterocycles. The van der Waals surface area contributed by atoms with Crippen molar-refractivity contribution < 1.29 is 14.6 Å². The standard InChI is InChI=1S/C29H28Cl2N6O3.2ClH/c30-23-12-22(13-24(31)14-23)26-9-21(18-37-7-3-19(4-8-37)11-28(38)39)10-27(36-26)40-25-16-34-29(35-17-25)33-15-20-1-5-32-6-2-20;;/h1-2,5-6,9-10,12-14,16-17,19H,3-4,7-8,11,15,18H2,(H,38,39)(H,33,34,35);2*1H. The third-order valence-corrected chi connectivity index (χ3v) is 7.08. The number of likely N-dealkylation sites (tertiary alicyclic amines) is 1. The minimum atomic E-state index is -0.735. The Bertz CT molecular complexity index is 1440. The van der Waals surface area contributed by atoms with Crippen molar-refractivity contribution in [2.24, 2.45) is 5.92 Å². The molecule has 0 spiro atoms. The Balaban J connectivity index is 0.00000242. The minimum absolute atomic E-state index is 0. The molecule has 222 valence electrons. The second-order valence-corrected chi connectivity index (χ2v) is 10.6. The molecule has 1 saturated heterocycles. The van der Waals surface area contributed by atoms with E-state index in [0.29, 0.717) is 46.4 Å². The van der Waals surface area contributed by atoms with Crippen molar-refractivity contribution in [1.82, 2.24) is 24.8 Å². The van der Waals surface area contributed by atoms with E-state index in [2.05, 4.69) is 25.2 Å². The van der Waals surface area contributed by atoms with Crippen LogP contribution in [0, 0.1) is 5.92 Å². The molecular formula is C29H30Cl4N6O3. The van der Waals surface area contributed by atoms with Crippen LogP contribution in [0.25, 0.3) is 11.3 Å². The average Bonchev–Trinajstić information content (AvgIpc) is 2.93. The van der Waals surface area contributed by atoms with Gasteiger partial charge in [0.1, 0.15) is 0 Å². The summed E-state index contributed by atoms with van der Waals surface area (Å²) in [6, 6.07) is 13.0. The van der Waals surface area contributed by atoms with Crippen LogP contribution in [0.4, 0.5) is 5.95 Å². The van der Waals surface area contributed by atoms with Gasteiger partial charge in [-0.2, -0.15) is 0 Å². The van der Waals surface area contributed by atoms with Gasteiger partial charge >= 0.3 is 5.97 Å². The Morgan fingerprint density at radius 3 is 2.29 bits per heavy atom. The summed E-state index contributed by atoms with van der Waals surface area (Å²) in [4.78, 5) is 30.9. The number of benzene rings is 1. The van der Waals surface area contributed by atoms with Crippen molar-refractivity contribution in [1.29, 1.82) is 0 Å². The average molecular weight is 652 g/mol. The molecule has 0 radical (unpaired) electrons. The number of piperidine rings is 1. The lowest BCUT2D eigenvalue weighted by molar-refractivity contribution is -0.138. The van der Waals surface area contributed by atoms with Crippen LogP contribution in [0.2, 0.25) is 10.0 Å². The fourth-order valence-corrected chi connectivity index (χ4v) is 5.19. The summed E-state index contributed by atoms with van der Waals surface area (Å²) in [5, 5.41) is 13.3. The highest BCUT2D eigenvalue weighted by Crippen LogP contribution is 2.31. The summed E-state index contributed by atoms with van der Waals surface area (Å²) in [7, 11) is 0. The summed E-state index contributed by atoms with van der Waals surface area (Å²) >= 11 is 12.6. The largest absolute Gasteiger partial charge is 0.481 e. The number of rotatable bonds is 10. The number of aromatic nitrogens is 4. The molecule has 0 amide bonds. The van der Waals surface area contributed by atoms with Crippen molar-refractivity contribution in [2.45, 2.75) is 32.4 Å². The van der Waals surface area contributed by atoms with Crippen molar-refractivity contribution in [3.05, 3.63) is 88.4 Å². The smallest absolute Gasteiger partial charge is 0.303 e. The quantitative estimate of drug-likeness (QED) is 0.184. The second kappa shape index (κ2) is 15.9. The molecule has 4 aromatic rings. The molecule has 0 unspecified atom stereocenters. The number of hydrogen-bond acceptors (Lipinski definition) is 8. The molecule has 1 fully saturated rings. The first-order valence-corrected chi connectivity index (χ1v) is 13.7. The SMILES string of the molecule is Cl.Cl.O=C(O)CC1CCN(Cc2cc(Oc3cnc(NCc4ccncc4)nc3)nc(-c3cc(Cl)cc(Cl)c3)c2)CC1. The molecule has 13 heteroatoms. The highest BCUT2D eigenvalue weighted by molar-refractivity contribution is 6.35. The summed E-state index contributed by atoms with van der Waals surface area (Å²) in [5.41, 5.74) is 3.52. The summed E-state index contributed by atoms with van der Waals surface area (Å²) < 4.78 is 6.09. The Hall–Kier alpha value is -3.21. The van der Waals surface area contributed by atoms with Gasteiger partial charge in [0.2, 0.25) is 11.8 Å². The first-order valence-electron chi connectivity index (χ1n) is 12.9. The third kappa shape index (κ3) is 9.68. The summed E-state index contributed by atoms with van der Waals surface area (Å²) in [6.07, 6.45) is 8.61. The van der Waals surface area contributed by atoms with Crippen molar-refractivity contribution >= 4 is 59.9 Å². The molecule has 42 heavy (non-hydrogen) atoms. The zero-order valence-corrected chi connectivity index (χ0v) is 25.6. The van der Waals surface area contributed by atoms with Gasteiger partial charge in [-0.05, 0) is 79.4 Å².